The van der Waals surface area contributed by atoms with E-state index in [-0.39, 0.29) is 22.7 Å². The smallest absolute Gasteiger partial charge is 0.228 e. The number of ketones is 1. The topological polar surface area (TPSA) is 66.8 Å². The van der Waals surface area contributed by atoms with Gasteiger partial charge in [0.15, 0.2) is 23.1 Å². The molecular formula is C24H30FNO5. The summed E-state index contributed by atoms with van der Waals surface area (Å²) in [5, 5.41) is 0. The molecule has 0 spiro atoms. The van der Waals surface area contributed by atoms with Crippen LogP contribution >= 0.6 is 0 Å². The maximum atomic E-state index is 15.4. The first-order valence-corrected chi connectivity index (χ1v) is 10.4. The minimum absolute atomic E-state index is 0.135. The summed E-state index contributed by atoms with van der Waals surface area (Å²) in [5.74, 6) is -0.338. The minimum Gasteiger partial charge on any atom is -0.493 e. The van der Waals surface area contributed by atoms with Gasteiger partial charge in [-0.1, -0.05) is 20.8 Å². The molecule has 1 aromatic carbocycles. The molecule has 6 nitrogen and oxygen atoms in total. The molecule has 7 heteroatoms. The number of methoxy groups -OCH3 is 2. The molecule has 0 fully saturated rings. The number of carbonyl (C=O) groups excluding carboxylic acids is 1. The normalized spacial score (nSPS) is 15.3. The Hall–Kier alpha value is -2.67. The fourth-order valence-corrected chi connectivity index (χ4v) is 4.03. The lowest BCUT2D eigenvalue weighted by Crippen LogP contribution is -2.34. The third-order valence-corrected chi connectivity index (χ3v) is 5.70. The van der Waals surface area contributed by atoms with Gasteiger partial charge in [0.25, 0.3) is 0 Å². The number of hydrogen-bond acceptors (Lipinski definition) is 5. The van der Waals surface area contributed by atoms with Crippen LogP contribution in [-0.4, -0.2) is 37.8 Å². The molecule has 1 atom stereocenters. The van der Waals surface area contributed by atoms with Gasteiger partial charge in [0, 0.05) is 37.9 Å². The van der Waals surface area contributed by atoms with Crippen LogP contribution in [0, 0.1) is 11.2 Å². The van der Waals surface area contributed by atoms with Crippen LogP contribution in [0.15, 0.2) is 23.1 Å². The van der Waals surface area contributed by atoms with E-state index in [1.165, 1.54) is 20.2 Å². The quantitative estimate of drug-likeness (QED) is 0.479. The van der Waals surface area contributed by atoms with E-state index in [4.69, 9.17) is 14.2 Å². The van der Waals surface area contributed by atoms with E-state index < -0.39 is 17.0 Å². The lowest BCUT2D eigenvalue weighted by Gasteiger charge is -2.39. The van der Waals surface area contributed by atoms with Gasteiger partial charge in [0.2, 0.25) is 5.43 Å². The van der Waals surface area contributed by atoms with Crippen LogP contribution in [0.2, 0.25) is 0 Å². The summed E-state index contributed by atoms with van der Waals surface area (Å²) < 4.78 is 33.6. The summed E-state index contributed by atoms with van der Waals surface area (Å²) in [5.41, 5.74) is 0.367. The first-order chi connectivity index (χ1) is 14.6. The molecule has 0 amide bonds. The Morgan fingerprint density at radius 2 is 1.90 bits per heavy atom. The number of pyridine rings is 1. The van der Waals surface area contributed by atoms with Crippen molar-refractivity contribution >= 4 is 5.78 Å². The van der Waals surface area contributed by atoms with Crippen LogP contribution in [0.4, 0.5) is 4.39 Å². The Labute approximate surface area is 181 Å². The summed E-state index contributed by atoms with van der Waals surface area (Å²) >= 11 is 0. The van der Waals surface area contributed by atoms with Crippen molar-refractivity contribution in [2.45, 2.75) is 46.6 Å². The predicted molar refractivity (Wildman–Crippen MR) is 117 cm³/mol. The number of Topliss-reactive ketones (excluding diaryl/α,β-unsaturated/α-hetero) is 1. The second-order valence-electron chi connectivity index (χ2n) is 8.94. The maximum absolute atomic E-state index is 15.4. The highest BCUT2D eigenvalue weighted by Crippen LogP contribution is 2.46. The van der Waals surface area contributed by atoms with E-state index in [0.717, 1.165) is 12.0 Å². The summed E-state index contributed by atoms with van der Waals surface area (Å²) in [4.78, 5) is 24.6. The van der Waals surface area contributed by atoms with Gasteiger partial charge >= 0.3 is 0 Å². The van der Waals surface area contributed by atoms with Gasteiger partial charge in [-0.2, -0.15) is 0 Å². The fourth-order valence-electron chi connectivity index (χ4n) is 4.03. The van der Waals surface area contributed by atoms with Gasteiger partial charge in [-0.05, 0) is 36.5 Å². The van der Waals surface area contributed by atoms with Crippen molar-refractivity contribution < 1.29 is 23.4 Å². The van der Waals surface area contributed by atoms with Crippen molar-refractivity contribution in [3.8, 4) is 22.8 Å². The van der Waals surface area contributed by atoms with E-state index in [9.17, 15) is 9.59 Å². The second kappa shape index (κ2) is 8.83. The second-order valence-corrected chi connectivity index (χ2v) is 8.94. The molecule has 0 N–H and O–H groups in total. The zero-order valence-corrected chi connectivity index (χ0v) is 19.0. The number of carbonyl (C=O) groups is 1. The molecule has 0 bridgehead atoms. The number of benzene rings is 1. The number of fused-ring (bicyclic) bond motifs is 3. The Bertz CT molecular complexity index is 1050. The summed E-state index contributed by atoms with van der Waals surface area (Å²) in [6.07, 6.45) is 2.83. The fraction of sp³-hybridized carbons (Fsp3) is 0.500. The Morgan fingerprint density at radius 1 is 1.19 bits per heavy atom. The molecule has 1 aliphatic heterocycles. The molecule has 168 valence electrons. The van der Waals surface area contributed by atoms with Gasteiger partial charge in [-0.15, -0.1) is 0 Å². The van der Waals surface area contributed by atoms with Crippen molar-refractivity contribution in [2.24, 2.45) is 5.41 Å². The number of hydrogen-bond donors (Lipinski definition) is 0. The molecule has 2 aromatic rings. The molecule has 31 heavy (non-hydrogen) atoms. The minimum atomic E-state index is -0.918. The van der Waals surface area contributed by atoms with Crippen LogP contribution < -0.4 is 14.9 Å². The van der Waals surface area contributed by atoms with Gasteiger partial charge in [-0.3, -0.25) is 9.59 Å². The number of rotatable bonds is 7. The third kappa shape index (κ3) is 4.37. The zero-order chi connectivity index (χ0) is 22.9. The standard InChI is InChI=1S/C24H30FNO5/c1-14(27)17-13-26-20(24(2,3)4)11-15-10-19(31-9-7-8-29-5)18(30-6)12-16(15)22(26)21(25)23(17)28/h10,12-13,20H,7-9,11H2,1-6H3/t20-/m0/s1. The maximum Gasteiger partial charge on any atom is 0.228 e. The van der Waals surface area contributed by atoms with Crippen LogP contribution in [0.5, 0.6) is 11.5 Å². The zero-order valence-electron chi connectivity index (χ0n) is 19.0. The van der Waals surface area contributed by atoms with Crippen molar-refractivity contribution in [1.82, 2.24) is 4.57 Å². The molecule has 1 aromatic heterocycles. The largest absolute Gasteiger partial charge is 0.493 e. The molecule has 0 saturated heterocycles. The van der Waals surface area contributed by atoms with Crippen LogP contribution in [0.25, 0.3) is 11.3 Å². The molecule has 0 radical (unpaired) electrons. The Kier molecular flexibility index (Phi) is 6.55. The SMILES string of the molecule is COCCCOc1cc2c(cc1OC)-c1c(F)c(=O)c(C(C)=O)cn1[C@H](C(C)(C)C)C2. The molecule has 3 rings (SSSR count). The van der Waals surface area contributed by atoms with Crippen molar-refractivity contribution in [3.05, 3.63) is 45.5 Å². The van der Waals surface area contributed by atoms with E-state index in [2.05, 4.69) is 20.8 Å². The van der Waals surface area contributed by atoms with Crippen LogP contribution in [-0.2, 0) is 11.2 Å². The third-order valence-electron chi connectivity index (χ3n) is 5.70. The van der Waals surface area contributed by atoms with Crippen molar-refractivity contribution in [3.63, 3.8) is 0 Å². The molecule has 0 unspecified atom stereocenters. The molecular weight excluding hydrogens is 401 g/mol. The average molecular weight is 432 g/mol. The summed E-state index contributed by atoms with van der Waals surface area (Å²) in [6.45, 7) is 8.49. The number of halogens is 1. The molecule has 0 saturated carbocycles. The van der Waals surface area contributed by atoms with Crippen LogP contribution in [0.3, 0.4) is 0 Å². The van der Waals surface area contributed by atoms with Gasteiger partial charge < -0.3 is 18.8 Å². The highest BCUT2D eigenvalue weighted by molar-refractivity contribution is 5.94. The summed E-state index contributed by atoms with van der Waals surface area (Å²) in [7, 11) is 3.16. The van der Waals surface area contributed by atoms with E-state index in [0.29, 0.717) is 36.7 Å². The first kappa shape index (κ1) is 23.0. The monoisotopic (exact) mass is 431 g/mol. The van der Waals surface area contributed by atoms with Crippen molar-refractivity contribution in [2.75, 3.05) is 27.4 Å². The highest BCUT2D eigenvalue weighted by Gasteiger charge is 2.36. The van der Waals surface area contributed by atoms with E-state index in [1.807, 2.05) is 6.07 Å². The lowest BCUT2D eigenvalue weighted by atomic mass is 9.78. The lowest BCUT2D eigenvalue weighted by molar-refractivity contribution is 0.101. The first-order valence-electron chi connectivity index (χ1n) is 10.4. The summed E-state index contributed by atoms with van der Waals surface area (Å²) in [6, 6.07) is 3.42. The molecule has 0 aliphatic carbocycles. The highest BCUT2D eigenvalue weighted by atomic mass is 19.1. The van der Waals surface area contributed by atoms with Crippen LogP contribution in [0.1, 0.15) is 56.1 Å². The van der Waals surface area contributed by atoms with Gasteiger partial charge in [0.1, 0.15) is 0 Å². The number of nitrogens with zero attached hydrogens (tertiary/aromatic N) is 1. The Morgan fingerprint density at radius 3 is 2.48 bits per heavy atom. The van der Waals surface area contributed by atoms with E-state index in [1.54, 1.807) is 17.7 Å². The predicted octanol–water partition coefficient (Wildman–Crippen LogP) is 4.42. The van der Waals surface area contributed by atoms with Gasteiger partial charge in [-0.25, -0.2) is 4.39 Å². The average Bonchev–Trinajstić information content (AvgIpc) is 2.71. The van der Waals surface area contributed by atoms with Gasteiger partial charge in [0.05, 0.1) is 25.0 Å². The number of ether oxygens (including phenoxy) is 3. The molecule has 2 heterocycles. The Balaban J connectivity index is 2.21. The van der Waals surface area contributed by atoms with E-state index >= 15 is 4.39 Å². The number of aromatic nitrogens is 1. The van der Waals surface area contributed by atoms with Crippen molar-refractivity contribution in [1.29, 1.82) is 0 Å². The molecule has 1 aliphatic rings.